The summed E-state index contributed by atoms with van der Waals surface area (Å²) in [6.07, 6.45) is -1.11. The number of hydrogen-bond acceptors (Lipinski definition) is 6. The number of rotatable bonds is 6. The maximum atomic E-state index is 12.2. The summed E-state index contributed by atoms with van der Waals surface area (Å²) in [6, 6.07) is 10.5. The number of esters is 1. The zero-order chi connectivity index (χ0) is 17.0. The number of carbonyl (C=O) groups excluding carboxylic acids is 2. The number of primary amides is 1. The average molecular weight is 337 g/mol. The summed E-state index contributed by atoms with van der Waals surface area (Å²) in [5, 5.41) is 0. The molecule has 0 spiro atoms. The fourth-order valence-electron chi connectivity index (χ4n) is 1.74. The number of hydrogen-bond donors (Lipinski definition) is 1. The van der Waals surface area contributed by atoms with Gasteiger partial charge in [-0.1, -0.05) is 18.2 Å². The highest BCUT2D eigenvalue weighted by molar-refractivity contribution is 7.90. The molecule has 8 heteroatoms. The van der Waals surface area contributed by atoms with Gasteiger partial charge in [0.25, 0.3) is 5.91 Å². The molecule has 2 N–H and O–H groups in total. The van der Waals surface area contributed by atoms with Crippen LogP contribution in [0.1, 0.15) is 23.2 Å². The van der Waals surface area contributed by atoms with Gasteiger partial charge in [0.05, 0.1) is 4.90 Å². The molecule has 0 saturated carbocycles. The molecular formula is C15H15NO6S. The molecule has 0 unspecified atom stereocenters. The fourth-order valence-corrected chi connectivity index (χ4v) is 3.01. The third-order valence-electron chi connectivity index (χ3n) is 2.98. The molecule has 1 amide bonds. The fraction of sp³-hybridized carbons (Fsp3) is 0.200. The summed E-state index contributed by atoms with van der Waals surface area (Å²) < 4.78 is 34.4. The van der Waals surface area contributed by atoms with E-state index in [-0.39, 0.29) is 16.4 Å². The van der Waals surface area contributed by atoms with E-state index >= 15 is 0 Å². The van der Waals surface area contributed by atoms with Crippen LogP contribution < -0.4 is 5.73 Å². The van der Waals surface area contributed by atoms with E-state index < -0.39 is 33.6 Å². The van der Waals surface area contributed by atoms with Crippen LogP contribution >= 0.6 is 0 Å². The number of carbonyl (C=O) groups is 2. The van der Waals surface area contributed by atoms with Gasteiger partial charge >= 0.3 is 5.97 Å². The molecule has 0 fully saturated rings. The van der Waals surface area contributed by atoms with Crippen molar-refractivity contribution in [2.24, 2.45) is 5.73 Å². The van der Waals surface area contributed by atoms with Gasteiger partial charge in [-0.25, -0.2) is 13.2 Å². The molecule has 23 heavy (non-hydrogen) atoms. The van der Waals surface area contributed by atoms with Crippen LogP contribution in [-0.2, 0) is 25.1 Å². The molecule has 122 valence electrons. The molecule has 1 heterocycles. The summed E-state index contributed by atoms with van der Waals surface area (Å²) in [7, 11) is -3.58. The van der Waals surface area contributed by atoms with Crippen LogP contribution in [0, 0.1) is 0 Å². The quantitative estimate of drug-likeness (QED) is 0.794. The van der Waals surface area contributed by atoms with Crippen LogP contribution in [-0.4, -0.2) is 26.4 Å². The molecule has 1 atom stereocenters. The Kier molecular flexibility index (Phi) is 4.85. The highest BCUT2D eigenvalue weighted by Gasteiger charge is 2.22. The van der Waals surface area contributed by atoms with Crippen LogP contribution in [0.2, 0.25) is 0 Å². The monoisotopic (exact) mass is 337 g/mol. The van der Waals surface area contributed by atoms with Gasteiger partial charge in [-0.15, -0.1) is 0 Å². The van der Waals surface area contributed by atoms with Crippen LogP contribution in [0.3, 0.4) is 0 Å². The lowest BCUT2D eigenvalue weighted by molar-refractivity contribution is -0.125. The molecular weight excluding hydrogens is 322 g/mol. The van der Waals surface area contributed by atoms with E-state index in [0.29, 0.717) is 0 Å². The van der Waals surface area contributed by atoms with Gasteiger partial charge in [0.1, 0.15) is 11.5 Å². The molecule has 0 aliphatic rings. The summed E-state index contributed by atoms with van der Waals surface area (Å²) in [5.74, 6) is -2.18. The standard InChI is InChI=1S/C15H15NO6S/c1-10(14(16)17)21-15(18)13-8-7-11(22-13)9-23(19,20)12-5-3-2-4-6-12/h2-8,10H,9H2,1H3,(H2,16,17)/t10-/m1/s1. The summed E-state index contributed by atoms with van der Waals surface area (Å²) in [4.78, 5) is 22.7. The van der Waals surface area contributed by atoms with Gasteiger partial charge in [0, 0.05) is 0 Å². The molecule has 0 radical (unpaired) electrons. The summed E-state index contributed by atoms with van der Waals surface area (Å²) >= 11 is 0. The Morgan fingerprint density at radius 2 is 1.83 bits per heavy atom. The third kappa shape index (κ3) is 4.19. The smallest absolute Gasteiger partial charge is 0.375 e. The Morgan fingerprint density at radius 1 is 1.17 bits per heavy atom. The number of amides is 1. The number of furan rings is 1. The van der Waals surface area contributed by atoms with Crippen molar-refractivity contribution < 1.29 is 27.2 Å². The van der Waals surface area contributed by atoms with Gasteiger partial charge in [0.2, 0.25) is 5.76 Å². The van der Waals surface area contributed by atoms with Gasteiger partial charge < -0.3 is 14.9 Å². The number of ether oxygens (including phenoxy) is 1. The maximum Gasteiger partial charge on any atom is 0.375 e. The number of benzene rings is 1. The lowest BCUT2D eigenvalue weighted by Gasteiger charge is -2.07. The average Bonchev–Trinajstić information content (AvgIpc) is 2.96. The molecule has 0 bridgehead atoms. The molecule has 7 nitrogen and oxygen atoms in total. The van der Waals surface area contributed by atoms with Gasteiger partial charge in [-0.3, -0.25) is 4.79 Å². The Balaban J connectivity index is 2.11. The van der Waals surface area contributed by atoms with Gasteiger partial charge in [-0.05, 0) is 31.2 Å². The molecule has 0 saturated heterocycles. The molecule has 0 aliphatic heterocycles. The molecule has 1 aromatic heterocycles. The molecule has 1 aromatic carbocycles. The zero-order valence-electron chi connectivity index (χ0n) is 12.3. The van der Waals surface area contributed by atoms with E-state index in [2.05, 4.69) is 0 Å². The first-order valence-corrected chi connectivity index (χ1v) is 8.31. The third-order valence-corrected chi connectivity index (χ3v) is 4.64. The Labute approximate surface area is 133 Å². The van der Waals surface area contributed by atoms with E-state index in [0.717, 1.165) is 0 Å². The minimum Gasteiger partial charge on any atom is -0.453 e. The second-order valence-corrected chi connectivity index (χ2v) is 6.78. The van der Waals surface area contributed by atoms with Crippen molar-refractivity contribution in [2.75, 3.05) is 0 Å². The molecule has 2 aromatic rings. The normalized spacial score (nSPS) is 12.6. The van der Waals surface area contributed by atoms with Crippen molar-refractivity contribution in [3.63, 3.8) is 0 Å². The second kappa shape index (κ2) is 6.66. The highest BCUT2D eigenvalue weighted by atomic mass is 32.2. The second-order valence-electron chi connectivity index (χ2n) is 4.79. The topological polar surface area (TPSA) is 117 Å². The Morgan fingerprint density at radius 3 is 2.43 bits per heavy atom. The first kappa shape index (κ1) is 16.8. The summed E-state index contributed by atoms with van der Waals surface area (Å²) in [5.41, 5.74) is 4.99. The van der Waals surface area contributed by atoms with Gasteiger partial charge in [-0.2, -0.15) is 0 Å². The maximum absolute atomic E-state index is 12.2. The lowest BCUT2D eigenvalue weighted by atomic mass is 10.4. The Hall–Kier alpha value is -2.61. The van der Waals surface area contributed by atoms with Crippen LogP contribution in [0.5, 0.6) is 0 Å². The minimum atomic E-state index is -3.58. The first-order valence-electron chi connectivity index (χ1n) is 6.66. The van der Waals surface area contributed by atoms with Crippen molar-refractivity contribution in [1.29, 1.82) is 0 Å². The minimum absolute atomic E-state index is 0.0903. The van der Waals surface area contributed by atoms with Crippen molar-refractivity contribution >= 4 is 21.7 Å². The number of nitrogens with two attached hydrogens (primary N) is 1. The van der Waals surface area contributed by atoms with Crippen molar-refractivity contribution in [2.45, 2.75) is 23.7 Å². The lowest BCUT2D eigenvalue weighted by Crippen LogP contribution is -2.30. The predicted octanol–water partition coefficient (Wildman–Crippen LogP) is 1.28. The van der Waals surface area contributed by atoms with Crippen molar-refractivity contribution in [1.82, 2.24) is 0 Å². The zero-order valence-corrected chi connectivity index (χ0v) is 13.1. The number of sulfone groups is 1. The van der Waals surface area contributed by atoms with Gasteiger partial charge in [0.15, 0.2) is 15.9 Å². The van der Waals surface area contributed by atoms with Crippen LogP contribution in [0.25, 0.3) is 0 Å². The Bertz CT molecular complexity index is 810. The SMILES string of the molecule is C[C@@H](OC(=O)c1ccc(CS(=O)(=O)c2ccccc2)o1)C(N)=O. The largest absolute Gasteiger partial charge is 0.453 e. The molecule has 0 aliphatic carbocycles. The van der Waals surface area contributed by atoms with E-state index in [9.17, 15) is 18.0 Å². The molecule has 2 rings (SSSR count). The van der Waals surface area contributed by atoms with Crippen molar-refractivity contribution in [3.05, 3.63) is 54.0 Å². The van der Waals surface area contributed by atoms with E-state index in [1.54, 1.807) is 18.2 Å². The van der Waals surface area contributed by atoms with E-state index in [1.807, 2.05) is 0 Å². The van der Waals surface area contributed by atoms with E-state index in [1.165, 1.54) is 31.2 Å². The van der Waals surface area contributed by atoms with Crippen LogP contribution in [0.15, 0.2) is 51.8 Å². The van der Waals surface area contributed by atoms with Crippen LogP contribution in [0.4, 0.5) is 0 Å². The predicted molar refractivity (Wildman–Crippen MR) is 80.1 cm³/mol. The first-order chi connectivity index (χ1) is 10.8. The summed E-state index contributed by atoms with van der Waals surface area (Å²) in [6.45, 7) is 1.32. The van der Waals surface area contributed by atoms with E-state index in [4.69, 9.17) is 14.9 Å². The highest BCUT2D eigenvalue weighted by Crippen LogP contribution is 2.18. The van der Waals surface area contributed by atoms with Crippen molar-refractivity contribution in [3.8, 4) is 0 Å².